The number of esters is 4. The molecule has 0 aliphatic heterocycles. The number of carbonyl (C=O) groups is 4. The number of rotatable bonds is 4. The van der Waals surface area contributed by atoms with Crippen molar-refractivity contribution in [3.8, 4) is 0 Å². The summed E-state index contributed by atoms with van der Waals surface area (Å²) in [5.41, 5.74) is 0. The van der Waals surface area contributed by atoms with Crippen LogP contribution in [-0.2, 0) is 38.8 Å². The van der Waals surface area contributed by atoms with E-state index in [1.807, 2.05) is 0 Å². The Morgan fingerprint density at radius 2 is 1.53 bits per heavy atom. The van der Waals surface area contributed by atoms with Crippen molar-refractivity contribution in [2.24, 2.45) is 0 Å². The molecule has 9 nitrogen and oxygen atoms in total. The van der Waals surface area contributed by atoms with Crippen LogP contribution in [0.2, 0.25) is 0 Å². The van der Waals surface area contributed by atoms with Gasteiger partial charge in [-0.05, 0) is 0 Å². The van der Waals surface area contributed by atoms with E-state index in [0.29, 0.717) is 0 Å². The van der Waals surface area contributed by atoms with E-state index in [-0.39, 0.29) is 31.0 Å². The number of ether oxygens (including phenoxy) is 2. The van der Waals surface area contributed by atoms with E-state index in [2.05, 4.69) is 9.47 Å². The molecule has 0 aliphatic carbocycles. The largest absolute Gasteiger partial charge is 1.00 e. The average Bonchev–Trinajstić information content (AvgIpc) is 2.09. The SMILES string of the molecule is CC(=O)OC(=O)CC(C(=O)OC(C)=O)S(=O)(=O)O.[H-].[Na+]. The zero-order chi connectivity index (χ0) is 14.5. The quantitative estimate of drug-likeness (QED) is 0.237. The fourth-order valence-electron chi connectivity index (χ4n) is 0.871. The Kier molecular flexibility index (Phi) is 9.04. The fraction of sp³-hybridized carbons (Fsp3) is 0.500. The first-order valence-corrected chi connectivity index (χ1v) is 5.94. The maximum Gasteiger partial charge on any atom is 1.00 e. The predicted octanol–water partition coefficient (Wildman–Crippen LogP) is -4.07. The molecule has 0 radical (unpaired) electrons. The first-order chi connectivity index (χ1) is 8.04. The molecule has 0 rings (SSSR count). The van der Waals surface area contributed by atoms with E-state index in [0.717, 1.165) is 13.8 Å². The van der Waals surface area contributed by atoms with Crippen molar-refractivity contribution >= 4 is 34.0 Å². The molecule has 0 saturated carbocycles. The third-order valence-corrected chi connectivity index (χ3v) is 2.55. The number of carbonyl (C=O) groups excluding carboxylic acids is 4. The van der Waals surface area contributed by atoms with Crippen LogP contribution in [0.15, 0.2) is 0 Å². The maximum atomic E-state index is 11.1. The summed E-state index contributed by atoms with van der Waals surface area (Å²) in [6, 6.07) is 0. The van der Waals surface area contributed by atoms with Crippen molar-refractivity contribution in [3.05, 3.63) is 0 Å². The molecular weight excluding hydrogens is 295 g/mol. The topological polar surface area (TPSA) is 141 Å². The Bertz CT molecular complexity index is 486. The molecule has 0 aromatic carbocycles. The van der Waals surface area contributed by atoms with Gasteiger partial charge in [-0.2, -0.15) is 8.42 Å². The van der Waals surface area contributed by atoms with Gasteiger partial charge in [-0.15, -0.1) is 0 Å². The van der Waals surface area contributed by atoms with Gasteiger partial charge in [0, 0.05) is 13.8 Å². The monoisotopic (exact) mass is 306 g/mol. The van der Waals surface area contributed by atoms with E-state index in [4.69, 9.17) is 4.55 Å². The summed E-state index contributed by atoms with van der Waals surface area (Å²) in [7, 11) is -4.98. The second kappa shape index (κ2) is 8.38. The molecule has 11 heteroatoms. The molecule has 0 bridgehead atoms. The van der Waals surface area contributed by atoms with Crippen LogP contribution in [0.5, 0.6) is 0 Å². The minimum absolute atomic E-state index is 0. The molecule has 104 valence electrons. The van der Waals surface area contributed by atoms with Crippen LogP contribution in [0.3, 0.4) is 0 Å². The molecule has 19 heavy (non-hydrogen) atoms. The van der Waals surface area contributed by atoms with Gasteiger partial charge in [0.2, 0.25) is 0 Å². The molecule has 0 aromatic heterocycles. The van der Waals surface area contributed by atoms with Crippen molar-refractivity contribution in [1.82, 2.24) is 0 Å². The zero-order valence-electron chi connectivity index (χ0n) is 11.4. The summed E-state index contributed by atoms with van der Waals surface area (Å²) in [6.07, 6.45) is -1.15. The van der Waals surface area contributed by atoms with Crippen molar-refractivity contribution < 1.29 is 72.6 Å². The van der Waals surface area contributed by atoms with Crippen LogP contribution < -0.4 is 29.6 Å². The predicted molar refractivity (Wildman–Crippen MR) is 54.6 cm³/mol. The first kappa shape index (κ1) is 20.5. The van der Waals surface area contributed by atoms with Gasteiger partial charge in [-0.1, -0.05) is 0 Å². The minimum Gasteiger partial charge on any atom is -1.00 e. The molecule has 0 aromatic rings. The molecule has 0 fully saturated rings. The van der Waals surface area contributed by atoms with E-state index < -0.39 is 45.7 Å². The Balaban J connectivity index is -0.00000144. The standard InChI is InChI=1S/C8H10O9S.Na.H/c1-4(9)16-7(11)3-6(18(13,14)15)8(12)17-5(2)10;;/h6H,3H2,1-2H3,(H,13,14,15);;/q;+1;-1. The van der Waals surface area contributed by atoms with Crippen LogP contribution in [-0.4, -0.2) is 42.1 Å². The number of hydrogen-bond acceptors (Lipinski definition) is 8. The molecule has 1 unspecified atom stereocenters. The van der Waals surface area contributed by atoms with Crippen LogP contribution in [0.25, 0.3) is 0 Å². The average molecular weight is 306 g/mol. The van der Waals surface area contributed by atoms with Crippen molar-refractivity contribution in [1.29, 1.82) is 0 Å². The Morgan fingerprint density at radius 1 is 1.11 bits per heavy atom. The van der Waals surface area contributed by atoms with E-state index in [1.54, 1.807) is 0 Å². The molecular formula is C8H11NaO9S. The van der Waals surface area contributed by atoms with Crippen molar-refractivity contribution in [2.45, 2.75) is 25.5 Å². The third kappa shape index (κ3) is 8.83. The molecule has 1 N–H and O–H groups in total. The van der Waals surface area contributed by atoms with Gasteiger partial charge in [0.15, 0.2) is 5.25 Å². The van der Waals surface area contributed by atoms with E-state index in [1.165, 1.54) is 0 Å². The zero-order valence-corrected chi connectivity index (χ0v) is 13.2. The second-order valence-electron chi connectivity index (χ2n) is 3.09. The summed E-state index contributed by atoms with van der Waals surface area (Å²) in [4.78, 5) is 43.0. The maximum absolute atomic E-state index is 11.1. The Hall–Kier alpha value is -0.810. The molecule has 0 heterocycles. The normalized spacial score (nSPS) is 11.7. The number of hydrogen-bond donors (Lipinski definition) is 1. The molecule has 0 aliphatic rings. The summed E-state index contributed by atoms with van der Waals surface area (Å²) in [5, 5.41) is -2.33. The third-order valence-electron chi connectivity index (χ3n) is 1.48. The van der Waals surface area contributed by atoms with Crippen LogP contribution in [0.1, 0.15) is 21.7 Å². The first-order valence-electron chi connectivity index (χ1n) is 4.44. The smallest absolute Gasteiger partial charge is 1.00 e. The summed E-state index contributed by atoms with van der Waals surface area (Å²) in [5.74, 6) is -5.13. The van der Waals surface area contributed by atoms with Gasteiger partial charge in [0.05, 0.1) is 6.42 Å². The van der Waals surface area contributed by atoms with E-state index in [9.17, 15) is 27.6 Å². The van der Waals surface area contributed by atoms with Gasteiger partial charge in [-0.3, -0.25) is 23.7 Å². The summed E-state index contributed by atoms with van der Waals surface area (Å²) < 4.78 is 38.3. The Morgan fingerprint density at radius 3 is 1.84 bits per heavy atom. The van der Waals surface area contributed by atoms with E-state index >= 15 is 0 Å². The molecule has 0 spiro atoms. The van der Waals surface area contributed by atoms with Crippen molar-refractivity contribution in [2.75, 3.05) is 0 Å². The van der Waals surface area contributed by atoms with Crippen LogP contribution >= 0.6 is 0 Å². The summed E-state index contributed by atoms with van der Waals surface area (Å²) >= 11 is 0. The molecule has 0 saturated heterocycles. The molecule has 0 amide bonds. The van der Waals surface area contributed by atoms with Crippen molar-refractivity contribution in [3.63, 3.8) is 0 Å². The Labute approximate surface area is 132 Å². The van der Waals surface area contributed by atoms with Gasteiger partial charge in [-0.25, -0.2) is 0 Å². The fourth-order valence-corrected chi connectivity index (χ4v) is 1.51. The van der Waals surface area contributed by atoms with Gasteiger partial charge in [0.1, 0.15) is 0 Å². The minimum atomic E-state index is -4.98. The van der Waals surface area contributed by atoms with Gasteiger partial charge < -0.3 is 10.9 Å². The van der Waals surface area contributed by atoms with Gasteiger partial charge >= 0.3 is 53.4 Å². The summed E-state index contributed by atoms with van der Waals surface area (Å²) in [6.45, 7) is 1.71. The van der Waals surface area contributed by atoms with Gasteiger partial charge in [0.25, 0.3) is 10.1 Å². The van der Waals surface area contributed by atoms with Crippen LogP contribution in [0, 0.1) is 0 Å². The van der Waals surface area contributed by atoms with Crippen LogP contribution in [0.4, 0.5) is 0 Å². The molecule has 1 atom stereocenters. The second-order valence-corrected chi connectivity index (χ2v) is 4.69.